The number of aliphatic hydroxyl groups excluding tert-OH is 1. The van der Waals surface area contributed by atoms with E-state index in [0.29, 0.717) is 30.1 Å². The van der Waals surface area contributed by atoms with Crippen molar-refractivity contribution in [1.29, 1.82) is 0 Å². The van der Waals surface area contributed by atoms with Gasteiger partial charge in [-0.2, -0.15) is 0 Å². The van der Waals surface area contributed by atoms with Crippen LogP contribution in [0.3, 0.4) is 0 Å². The molecule has 3 N–H and O–H groups in total. The molecule has 5 nitrogen and oxygen atoms in total. The van der Waals surface area contributed by atoms with E-state index >= 15 is 0 Å². The number of carbonyl (C=O) groups is 2. The van der Waals surface area contributed by atoms with Crippen LogP contribution in [0.2, 0.25) is 0 Å². The Balaban J connectivity index is 1.65. The summed E-state index contributed by atoms with van der Waals surface area (Å²) in [7, 11) is 0. The van der Waals surface area contributed by atoms with Gasteiger partial charge in [-0.15, -0.1) is 0 Å². The highest BCUT2D eigenvalue weighted by molar-refractivity contribution is 6.00. The quantitative estimate of drug-likeness (QED) is 0.304. The summed E-state index contributed by atoms with van der Waals surface area (Å²) in [6.45, 7) is 11.4. The van der Waals surface area contributed by atoms with Crippen LogP contribution in [-0.4, -0.2) is 33.4 Å². The van der Waals surface area contributed by atoms with Crippen LogP contribution in [0.1, 0.15) is 98.8 Å². The Kier molecular flexibility index (Phi) is 6.76. The molecule has 4 rings (SSSR count). The maximum Gasteiger partial charge on any atom is 0.322 e. The predicted molar refractivity (Wildman–Crippen MR) is 132 cm³/mol. The minimum absolute atomic E-state index is 0.0419. The summed E-state index contributed by atoms with van der Waals surface area (Å²) in [5, 5.41) is 31.2. The Morgan fingerprint density at radius 2 is 1.71 bits per heavy atom. The zero-order chi connectivity index (χ0) is 25.1. The van der Waals surface area contributed by atoms with E-state index < -0.39 is 28.9 Å². The lowest BCUT2D eigenvalue weighted by Gasteiger charge is -2.62. The number of hydrogen-bond acceptors (Lipinski definition) is 3. The molecule has 5 heteroatoms. The molecule has 0 bridgehead atoms. The second kappa shape index (κ2) is 8.94. The van der Waals surface area contributed by atoms with E-state index in [2.05, 4.69) is 33.8 Å². The molecular weight excluding hydrogens is 428 g/mol. The average molecular weight is 475 g/mol. The fourth-order valence-electron chi connectivity index (χ4n) is 9.57. The summed E-state index contributed by atoms with van der Waals surface area (Å²) in [6, 6.07) is 0. The Labute approximate surface area is 205 Å². The molecule has 0 radical (unpaired) electrons. The number of aliphatic carboxylic acids is 2. The number of carboxylic acids is 2. The first-order chi connectivity index (χ1) is 15.9. The molecule has 0 heterocycles. The van der Waals surface area contributed by atoms with Crippen molar-refractivity contribution in [2.45, 2.75) is 105 Å². The van der Waals surface area contributed by atoms with E-state index in [1.54, 1.807) is 0 Å². The van der Waals surface area contributed by atoms with Crippen molar-refractivity contribution in [2.24, 2.45) is 51.8 Å². The highest BCUT2D eigenvalue weighted by Crippen LogP contribution is 2.70. The lowest BCUT2D eigenvalue weighted by Crippen LogP contribution is -2.64. The number of carboxylic acid groups (broad SMARTS) is 2. The molecule has 34 heavy (non-hydrogen) atoms. The molecule has 0 aromatic rings. The molecule has 0 spiro atoms. The van der Waals surface area contributed by atoms with Crippen molar-refractivity contribution in [3.05, 3.63) is 11.6 Å². The van der Waals surface area contributed by atoms with Crippen LogP contribution in [0.4, 0.5) is 0 Å². The minimum atomic E-state index is -1.96. The molecule has 4 aliphatic rings. The second-order valence-electron chi connectivity index (χ2n) is 13.2. The smallest absolute Gasteiger partial charge is 0.322 e. The highest BCUT2D eigenvalue weighted by atomic mass is 16.4. The van der Waals surface area contributed by atoms with Crippen molar-refractivity contribution < 1.29 is 24.9 Å². The van der Waals surface area contributed by atoms with Gasteiger partial charge in [0.2, 0.25) is 0 Å². The molecule has 3 saturated carbocycles. The Bertz CT molecular complexity index is 831. The van der Waals surface area contributed by atoms with Crippen molar-refractivity contribution in [2.75, 3.05) is 0 Å². The first kappa shape index (κ1) is 25.7. The van der Waals surface area contributed by atoms with Gasteiger partial charge in [0.05, 0.1) is 6.10 Å². The van der Waals surface area contributed by atoms with E-state index in [1.165, 1.54) is 32.1 Å². The van der Waals surface area contributed by atoms with Crippen LogP contribution < -0.4 is 0 Å². The average Bonchev–Trinajstić information content (AvgIpc) is 3.10. The zero-order valence-corrected chi connectivity index (χ0v) is 21.8. The molecule has 3 fully saturated rings. The van der Waals surface area contributed by atoms with E-state index in [1.807, 2.05) is 6.92 Å². The lowest BCUT2D eigenvalue weighted by atomic mass is 9.41. The summed E-state index contributed by atoms with van der Waals surface area (Å²) in [4.78, 5) is 25.3. The maximum absolute atomic E-state index is 12.7. The van der Waals surface area contributed by atoms with Crippen LogP contribution in [0.15, 0.2) is 11.6 Å². The zero-order valence-electron chi connectivity index (χ0n) is 21.8. The first-order valence-electron chi connectivity index (χ1n) is 13.7. The fourth-order valence-corrected chi connectivity index (χ4v) is 9.57. The maximum atomic E-state index is 12.7. The number of aliphatic hydroxyl groups is 1. The summed E-state index contributed by atoms with van der Waals surface area (Å²) >= 11 is 0. The van der Waals surface area contributed by atoms with E-state index in [4.69, 9.17) is 0 Å². The summed E-state index contributed by atoms with van der Waals surface area (Å²) in [5.74, 6) is 0.447. The third-order valence-corrected chi connectivity index (χ3v) is 11.3. The van der Waals surface area contributed by atoms with Crippen LogP contribution in [0, 0.1) is 51.8 Å². The van der Waals surface area contributed by atoms with Crippen molar-refractivity contribution in [1.82, 2.24) is 0 Å². The van der Waals surface area contributed by atoms with Crippen molar-refractivity contribution in [3.63, 3.8) is 0 Å². The summed E-state index contributed by atoms with van der Waals surface area (Å²) in [5.41, 5.74) is -1.79. The lowest BCUT2D eigenvalue weighted by molar-refractivity contribution is -0.191. The second-order valence-corrected chi connectivity index (χ2v) is 13.2. The van der Waals surface area contributed by atoms with Gasteiger partial charge in [-0.3, -0.25) is 9.59 Å². The van der Waals surface area contributed by atoms with E-state index in [0.717, 1.165) is 30.8 Å². The fraction of sp³-hybridized carbons (Fsp3) is 0.862. The molecule has 192 valence electrons. The Morgan fingerprint density at radius 3 is 2.32 bits per heavy atom. The molecule has 0 aromatic heterocycles. The van der Waals surface area contributed by atoms with Gasteiger partial charge < -0.3 is 15.3 Å². The van der Waals surface area contributed by atoms with Crippen LogP contribution in [0.25, 0.3) is 0 Å². The number of hydrogen-bond donors (Lipinski definition) is 3. The van der Waals surface area contributed by atoms with Crippen molar-refractivity contribution >= 4 is 11.9 Å². The van der Waals surface area contributed by atoms with Gasteiger partial charge in [0.1, 0.15) is 0 Å². The minimum Gasteiger partial charge on any atom is -0.480 e. The molecule has 4 aliphatic carbocycles. The van der Waals surface area contributed by atoms with E-state index in [9.17, 15) is 24.9 Å². The molecule has 0 saturated heterocycles. The molecule has 8 atom stereocenters. The van der Waals surface area contributed by atoms with E-state index in [-0.39, 0.29) is 17.8 Å². The Hall–Kier alpha value is -1.36. The Morgan fingerprint density at radius 1 is 1.03 bits per heavy atom. The van der Waals surface area contributed by atoms with Crippen LogP contribution in [0.5, 0.6) is 0 Å². The molecule has 0 aromatic carbocycles. The number of rotatable bonds is 7. The van der Waals surface area contributed by atoms with Crippen molar-refractivity contribution in [3.8, 4) is 0 Å². The van der Waals surface area contributed by atoms with Crippen LogP contribution in [-0.2, 0) is 9.59 Å². The normalized spacial score (nSPS) is 41.7. The standard InChI is InChI=1S/C29H46O5/c1-17(2)7-6-8-18(3)22-11-12-23-21-10-9-19-15-20(30)16-29(25(31)32,26(33)34)28(19,5)24(21)13-14-27(22,23)4/h9,17-18,20-24,30H,6-8,10-16H2,1-5H3,(H,31,32)(H,33,34)/t18-,20-,21+,22-,23+,24+,27-,28+/m1/s1. The van der Waals surface area contributed by atoms with Gasteiger partial charge in [-0.05, 0) is 79.4 Å². The number of allylic oxidation sites excluding steroid dienone is 1. The van der Waals surface area contributed by atoms with Gasteiger partial charge in [-0.1, -0.05) is 65.5 Å². The topological polar surface area (TPSA) is 94.8 Å². The largest absolute Gasteiger partial charge is 0.480 e. The van der Waals surface area contributed by atoms with Gasteiger partial charge in [0.25, 0.3) is 0 Å². The molecule has 0 amide bonds. The first-order valence-corrected chi connectivity index (χ1v) is 13.7. The number of fused-ring (bicyclic) bond motifs is 5. The van der Waals surface area contributed by atoms with Gasteiger partial charge >= 0.3 is 11.9 Å². The van der Waals surface area contributed by atoms with Gasteiger partial charge in [0.15, 0.2) is 5.41 Å². The third-order valence-electron chi connectivity index (χ3n) is 11.3. The molecular formula is C29H46O5. The summed E-state index contributed by atoms with van der Waals surface area (Å²) in [6.07, 6.45) is 10.5. The SMILES string of the molecule is CC(C)CCC[C@@H](C)[C@H]1CC[C@H]2[C@@H]3CC=C4C[C@@H](O)CC(C(=O)O)(C(=O)O)[C@]4(C)[C@H]3CC[C@]12C. The van der Waals surface area contributed by atoms with Crippen LogP contribution >= 0.6 is 0 Å². The predicted octanol–water partition coefficient (Wildman–Crippen LogP) is 6.15. The third kappa shape index (κ3) is 3.59. The van der Waals surface area contributed by atoms with Gasteiger partial charge in [0, 0.05) is 11.8 Å². The monoisotopic (exact) mass is 474 g/mol. The van der Waals surface area contributed by atoms with Gasteiger partial charge in [-0.25, -0.2) is 0 Å². The molecule has 0 unspecified atom stereocenters. The molecule has 0 aliphatic heterocycles. The highest BCUT2D eigenvalue weighted by Gasteiger charge is 2.70. The summed E-state index contributed by atoms with van der Waals surface area (Å²) < 4.78 is 0.